The van der Waals surface area contributed by atoms with Gasteiger partial charge in [0, 0.05) is 0 Å². The van der Waals surface area contributed by atoms with Crippen molar-refractivity contribution in [1.29, 1.82) is 5.26 Å². The zero-order chi connectivity index (χ0) is 17.1. The average molecular weight is 334 g/mol. The summed E-state index contributed by atoms with van der Waals surface area (Å²) < 4.78 is 0. The van der Waals surface area contributed by atoms with Crippen LogP contribution in [-0.2, 0) is 11.3 Å². The summed E-state index contributed by atoms with van der Waals surface area (Å²) in [5.41, 5.74) is 3.15. The minimum atomic E-state index is -0.321. The number of benzene rings is 2. The molecular formula is C19H14N2O2S. The molecule has 0 radical (unpaired) electrons. The lowest BCUT2D eigenvalue weighted by Gasteiger charge is -2.13. The van der Waals surface area contributed by atoms with Crippen LogP contribution in [-0.4, -0.2) is 16.0 Å². The maximum atomic E-state index is 12.5. The molecule has 1 saturated heterocycles. The molecule has 0 atom stereocenters. The Bertz CT molecular complexity index is 879. The van der Waals surface area contributed by atoms with Crippen molar-refractivity contribution in [3.63, 3.8) is 0 Å². The number of rotatable bonds is 3. The molecule has 0 unspecified atom stereocenters. The van der Waals surface area contributed by atoms with Crippen molar-refractivity contribution in [3.8, 4) is 6.07 Å². The summed E-state index contributed by atoms with van der Waals surface area (Å²) in [5, 5.41) is 8.82. The number of hydrogen-bond acceptors (Lipinski definition) is 4. The molecule has 0 aromatic heterocycles. The van der Waals surface area contributed by atoms with E-state index in [1.807, 2.05) is 31.2 Å². The number of carbonyl (C=O) groups is 2. The SMILES string of the molecule is Cc1ccc(/C=C2/SC(=O)N(Cc3ccccc3C#N)C2=O)cc1. The second-order valence-corrected chi connectivity index (χ2v) is 6.44. The second kappa shape index (κ2) is 6.73. The van der Waals surface area contributed by atoms with Crippen LogP contribution in [0.25, 0.3) is 6.08 Å². The summed E-state index contributed by atoms with van der Waals surface area (Å²) in [6.07, 6.45) is 1.72. The van der Waals surface area contributed by atoms with Gasteiger partial charge in [0.1, 0.15) is 0 Å². The summed E-state index contributed by atoms with van der Waals surface area (Å²) in [6, 6.07) is 16.8. The first kappa shape index (κ1) is 16.0. The first-order valence-corrected chi connectivity index (χ1v) is 8.20. The standard InChI is InChI=1S/C19H14N2O2S/c1-13-6-8-14(9-7-13)10-17-18(22)21(19(23)24-17)12-16-5-3-2-4-15(16)11-20/h2-10H,12H2,1H3/b17-10+. The molecule has 5 heteroatoms. The van der Waals surface area contributed by atoms with E-state index in [0.717, 1.165) is 22.9 Å². The van der Waals surface area contributed by atoms with Crippen LogP contribution in [0.3, 0.4) is 0 Å². The van der Waals surface area contributed by atoms with Crippen LogP contribution < -0.4 is 0 Å². The molecule has 1 heterocycles. The third-order valence-electron chi connectivity index (χ3n) is 3.71. The molecule has 118 valence electrons. The maximum absolute atomic E-state index is 12.5. The van der Waals surface area contributed by atoms with Crippen LogP contribution in [0, 0.1) is 18.3 Å². The molecule has 3 rings (SSSR count). The number of thioether (sulfide) groups is 1. The van der Waals surface area contributed by atoms with E-state index < -0.39 is 0 Å². The molecular weight excluding hydrogens is 320 g/mol. The Labute approximate surface area is 144 Å². The summed E-state index contributed by atoms with van der Waals surface area (Å²) in [7, 11) is 0. The highest BCUT2D eigenvalue weighted by molar-refractivity contribution is 8.18. The van der Waals surface area contributed by atoms with Gasteiger partial charge in [0.15, 0.2) is 0 Å². The Morgan fingerprint density at radius 1 is 1.12 bits per heavy atom. The van der Waals surface area contributed by atoms with Crippen molar-refractivity contribution in [1.82, 2.24) is 4.90 Å². The normalized spacial score (nSPS) is 15.8. The second-order valence-electron chi connectivity index (χ2n) is 5.45. The highest BCUT2D eigenvalue weighted by Gasteiger charge is 2.35. The van der Waals surface area contributed by atoms with Crippen LogP contribution in [0.5, 0.6) is 0 Å². The van der Waals surface area contributed by atoms with Crippen molar-refractivity contribution in [2.75, 3.05) is 0 Å². The van der Waals surface area contributed by atoms with Crippen molar-refractivity contribution >= 4 is 29.0 Å². The first-order chi connectivity index (χ1) is 11.6. The van der Waals surface area contributed by atoms with Gasteiger partial charge < -0.3 is 0 Å². The van der Waals surface area contributed by atoms with Crippen LogP contribution in [0.1, 0.15) is 22.3 Å². The average Bonchev–Trinajstić information content (AvgIpc) is 2.85. The maximum Gasteiger partial charge on any atom is 0.293 e. The number of amides is 2. The summed E-state index contributed by atoms with van der Waals surface area (Å²) in [4.78, 5) is 26.3. The Kier molecular flexibility index (Phi) is 4.50. The van der Waals surface area contributed by atoms with E-state index in [0.29, 0.717) is 16.0 Å². The number of nitriles is 1. The molecule has 0 N–H and O–H groups in total. The lowest BCUT2D eigenvalue weighted by Crippen LogP contribution is -2.27. The Hall–Kier alpha value is -2.84. The van der Waals surface area contributed by atoms with E-state index >= 15 is 0 Å². The predicted octanol–water partition coefficient (Wildman–Crippen LogP) is 4.10. The summed E-state index contributed by atoms with van der Waals surface area (Å²) in [5.74, 6) is -0.321. The predicted molar refractivity (Wildman–Crippen MR) is 93.9 cm³/mol. The Morgan fingerprint density at radius 3 is 2.54 bits per heavy atom. The van der Waals surface area contributed by atoms with E-state index in [-0.39, 0.29) is 17.7 Å². The third-order valence-corrected chi connectivity index (χ3v) is 4.62. The van der Waals surface area contributed by atoms with Gasteiger partial charge in [-0.3, -0.25) is 14.5 Å². The van der Waals surface area contributed by atoms with Crippen LogP contribution >= 0.6 is 11.8 Å². The fourth-order valence-electron chi connectivity index (χ4n) is 2.39. The lowest BCUT2D eigenvalue weighted by molar-refractivity contribution is -0.123. The van der Waals surface area contributed by atoms with E-state index in [4.69, 9.17) is 5.26 Å². The van der Waals surface area contributed by atoms with Crippen molar-refractivity contribution < 1.29 is 9.59 Å². The van der Waals surface area contributed by atoms with Crippen LogP contribution in [0.2, 0.25) is 0 Å². The molecule has 0 saturated carbocycles. The molecule has 1 fully saturated rings. The van der Waals surface area contributed by atoms with Crippen LogP contribution in [0.4, 0.5) is 4.79 Å². The number of aryl methyl sites for hydroxylation is 1. The fraction of sp³-hybridized carbons (Fsp3) is 0.105. The summed E-state index contributed by atoms with van der Waals surface area (Å²) >= 11 is 0.929. The zero-order valence-electron chi connectivity index (χ0n) is 13.0. The zero-order valence-corrected chi connectivity index (χ0v) is 13.8. The molecule has 0 bridgehead atoms. The number of hydrogen-bond donors (Lipinski definition) is 0. The highest BCUT2D eigenvalue weighted by Crippen LogP contribution is 2.33. The van der Waals surface area contributed by atoms with E-state index in [1.54, 1.807) is 30.3 Å². The van der Waals surface area contributed by atoms with Gasteiger partial charge in [-0.25, -0.2) is 0 Å². The topological polar surface area (TPSA) is 61.2 Å². The van der Waals surface area contributed by atoms with Gasteiger partial charge in [-0.2, -0.15) is 5.26 Å². The van der Waals surface area contributed by atoms with Gasteiger partial charge in [0.05, 0.1) is 23.1 Å². The van der Waals surface area contributed by atoms with E-state index in [2.05, 4.69) is 6.07 Å². The molecule has 2 aromatic rings. The highest BCUT2D eigenvalue weighted by atomic mass is 32.2. The molecule has 4 nitrogen and oxygen atoms in total. The number of imide groups is 1. The summed E-state index contributed by atoms with van der Waals surface area (Å²) in [6.45, 7) is 2.10. The lowest BCUT2D eigenvalue weighted by atomic mass is 10.1. The Morgan fingerprint density at radius 2 is 1.83 bits per heavy atom. The minimum Gasteiger partial charge on any atom is -0.268 e. The Balaban J connectivity index is 1.84. The molecule has 1 aliphatic heterocycles. The molecule has 2 amide bonds. The van der Waals surface area contributed by atoms with Gasteiger partial charge in [0.2, 0.25) is 0 Å². The molecule has 1 aliphatic rings. The molecule has 0 spiro atoms. The van der Waals surface area contributed by atoms with Crippen LogP contribution in [0.15, 0.2) is 53.4 Å². The van der Waals surface area contributed by atoms with Crippen molar-refractivity contribution in [3.05, 3.63) is 75.7 Å². The molecule has 2 aromatic carbocycles. The number of carbonyl (C=O) groups excluding carboxylic acids is 2. The van der Waals surface area contributed by atoms with Gasteiger partial charge in [0.25, 0.3) is 11.1 Å². The largest absolute Gasteiger partial charge is 0.293 e. The van der Waals surface area contributed by atoms with Gasteiger partial charge in [-0.15, -0.1) is 0 Å². The van der Waals surface area contributed by atoms with Gasteiger partial charge in [-0.1, -0.05) is 48.0 Å². The molecule has 24 heavy (non-hydrogen) atoms. The van der Waals surface area contributed by atoms with E-state index in [1.165, 1.54) is 4.90 Å². The van der Waals surface area contributed by atoms with Crippen molar-refractivity contribution in [2.45, 2.75) is 13.5 Å². The van der Waals surface area contributed by atoms with Crippen molar-refractivity contribution in [2.24, 2.45) is 0 Å². The third kappa shape index (κ3) is 3.24. The van der Waals surface area contributed by atoms with E-state index in [9.17, 15) is 9.59 Å². The quantitative estimate of drug-likeness (QED) is 0.793. The fourth-order valence-corrected chi connectivity index (χ4v) is 3.23. The smallest absolute Gasteiger partial charge is 0.268 e. The van der Waals surface area contributed by atoms with Gasteiger partial charge >= 0.3 is 0 Å². The minimum absolute atomic E-state index is 0.111. The molecule has 0 aliphatic carbocycles. The first-order valence-electron chi connectivity index (χ1n) is 7.38. The number of nitrogens with zero attached hydrogens (tertiary/aromatic N) is 2. The van der Waals surface area contributed by atoms with Gasteiger partial charge in [-0.05, 0) is 42.0 Å². The monoisotopic (exact) mass is 334 g/mol.